The molecule has 2 N–H and O–H groups in total. The van der Waals surface area contributed by atoms with E-state index in [4.69, 9.17) is 5.11 Å². The average Bonchev–Trinajstić information content (AvgIpc) is 2.40. The molecule has 6 heteroatoms. The Kier molecular flexibility index (Phi) is 3.29. The summed E-state index contributed by atoms with van der Waals surface area (Å²) in [5, 5.41) is 11.4. The monoisotopic (exact) mass is 243 g/mol. The van der Waals surface area contributed by atoms with Crippen molar-refractivity contribution in [3.63, 3.8) is 0 Å². The molecule has 0 unspecified atom stereocenters. The molecule has 0 spiro atoms. The average molecular weight is 243 g/mol. The fourth-order valence-corrected chi connectivity index (χ4v) is 1.40. The Morgan fingerprint density at radius 3 is 2.22 bits per heavy atom. The number of nitrogens with one attached hydrogen (secondary N) is 1. The smallest absolute Gasteiger partial charge is 0.336 e. The van der Waals surface area contributed by atoms with Gasteiger partial charge in [0.15, 0.2) is 0 Å². The van der Waals surface area contributed by atoms with Crippen LogP contribution < -0.4 is 5.32 Å². The van der Waals surface area contributed by atoms with Gasteiger partial charge in [0.05, 0.1) is 11.1 Å². The molecule has 2 rings (SSSR count). The van der Waals surface area contributed by atoms with Crippen molar-refractivity contribution in [2.75, 3.05) is 5.32 Å². The number of carbonyl (C=O) groups is 2. The highest BCUT2D eigenvalue weighted by atomic mass is 16.4. The first-order valence-electron chi connectivity index (χ1n) is 5.09. The largest absolute Gasteiger partial charge is 0.478 e. The molecule has 0 fully saturated rings. The van der Waals surface area contributed by atoms with Gasteiger partial charge in [-0.05, 0) is 18.2 Å². The van der Waals surface area contributed by atoms with Crippen LogP contribution in [0.15, 0.2) is 42.7 Å². The van der Waals surface area contributed by atoms with E-state index in [0.717, 1.165) is 0 Å². The first kappa shape index (κ1) is 11.7. The minimum Gasteiger partial charge on any atom is -0.478 e. The molecular formula is C12H9N3O3. The zero-order valence-electron chi connectivity index (χ0n) is 9.20. The van der Waals surface area contributed by atoms with Crippen LogP contribution in [0.1, 0.15) is 20.7 Å². The number of aromatic nitrogens is 2. The van der Waals surface area contributed by atoms with Crippen molar-refractivity contribution < 1.29 is 14.7 Å². The van der Waals surface area contributed by atoms with Gasteiger partial charge in [-0.2, -0.15) is 0 Å². The predicted octanol–water partition coefficient (Wildman–Crippen LogP) is 1.43. The van der Waals surface area contributed by atoms with Crippen LogP contribution in [0.2, 0.25) is 0 Å². The summed E-state index contributed by atoms with van der Waals surface area (Å²) in [6.45, 7) is 0. The fourth-order valence-electron chi connectivity index (χ4n) is 1.40. The van der Waals surface area contributed by atoms with Crippen molar-refractivity contribution in [2.24, 2.45) is 0 Å². The first-order valence-corrected chi connectivity index (χ1v) is 5.09. The van der Waals surface area contributed by atoms with Gasteiger partial charge in [-0.15, -0.1) is 0 Å². The normalized spacial score (nSPS) is 9.78. The molecule has 1 heterocycles. The highest BCUT2D eigenvalue weighted by Crippen LogP contribution is 2.10. The molecule has 0 atom stereocenters. The highest BCUT2D eigenvalue weighted by Gasteiger charge is 2.16. The summed E-state index contributed by atoms with van der Waals surface area (Å²) in [7, 11) is 0. The third-order valence-electron chi connectivity index (χ3n) is 2.19. The molecule has 0 aliphatic carbocycles. The number of aromatic carboxylic acids is 1. The molecule has 90 valence electrons. The molecule has 0 bridgehead atoms. The van der Waals surface area contributed by atoms with Crippen molar-refractivity contribution in [2.45, 2.75) is 0 Å². The molecule has 2 aromatic rings. The van der Waals surface area contributed by atoms with Crippen molar-refractivity contribution in [3.8, 4) is 0 Å². The van der Waals surface area contributed by atoms with E-state index in [1.807, 2.05) is 0 Å². The van der Waals surface area contributed by atoms with Gasteiger partial charge in [0.25, 0.3) is 5.91 Å². The van der Waals surface area contributed by atoms with E-state index in [0.29, 0.717) is 0 Å². The standard InChI is InChI=1S/C12H9N3O3/c16-10(15-12-13-6-3-7-14-12)8-4-1-2-5-9(8)11(17)18/h1-7H,(H,17,18)(H,13,14,15,16). The SMILES string of the molecule is O=C(O)c1ccccc1C(=O)Nc1ncccn1. The van der Waals surface area contributed by atoms with E-state index in [1.54, 1.807) is 18.2 Å². The Morgan fingerprint density at radius 1 is 1.00 bits per heavy atom. The van der Waals surface area contributed by atoms with Gasteiger partial charge in [0.2, 0.25) is 5.95 Å². The van der Waals surface area contributed by atoms with Crippen molar-refractivity contribution in [1.82, 2.24) is 9.97 Å². The minimum absolute atomic E-state index is 0.0640. The third-order valence-corrected chi connectivity index (χ3v) is 2.19. The van der Waals surface area contributed by atoms with Crippen LogP contribution in [-0.4, -0.2) is 27.0 Å². The molecule has 0 aliphatic heterocycles. The zero-order valence-corrected chi connectivity index (χ0v) is 9.20. The molecule has 0 aliphatic rings. The van der Waals surface area contributed by atoms with Crippen LogP contribution in [-0.2, 0) is 0 Å². The Hall–Kier alpha value is -2.76. The fraction of sp³-hybridized carbons (Fsp3) is 0. The second-order valence-corrected chi connectivity index (χ2v) is 3.38. The van der Waals surface area contributed by atoms with Gasteiger partial charge in [0.1, 0.15) is 0 Å². The number of rotatable bonds is 3. The molecule has 0 saturated heterocycles. The number of carbonyl (C=O) groups excluding carboxylic acids is 1. The Bertz CT molecular complexity index is 584. The number of carboxylic acids is 1. The maximum absolute atomic E-state index is 11.9. The van der Waals surface area contributed by atoms with E-state index in [9.17, 15) is 9.59 Å². The molecule has 0 radical (unpaired) electrons. The summed E-state index contributed by atoms with van der Waals surface area (Å²) < 4.78 is 0. The molecule has 1 amide bonds. The van der Waals surface area contributed by atoms with Gasteiger partial charge in [-0.3, -0.25) is 10.1 Å². The summed E-state index contributed by atoms with van der Waals surface area (Å²) in [5.74, 6) is -1.59. The lowest BCUT2D eigenvalue weighted by Gasteiger charge is -2.05. The van der Waals surface area contributed by atoms with Gasteiger partial charge < -0.3 is 5.11 Å². The van der Waals surface area contributed by atoms with Gasteiger partial charge >= 0.3 is 5.97 Å². The second-order valence-electron chi connectivity index (χ2n) is 3.38. The summed E-state index contributed by atoms with van der Waals surface area (Å²) >= 11 is 0. The van der Waals surface area contributed by atoms with Crippen LogP contribution in [0.3, 0.4) is 0 Å². The summed E-state index contributed by atoms with van der Waals surface area (Å²) in [5.41, 5.74) is 0.00313. The number of hydrogen-bond acceptors (Lipinski definition) is 4. The van der Waals surface area contributed by atoms with Crippen LogP contribution >= 0.6 is 0 Å². The first-order chi connectivity index (χ1) is 8.68. The van der Waals surface area contributed by atoms with Crippen molar-refractivity contribution in [1.29, 1.82) is 0 Å². The number of benzene rings is 1. The topological polar surface area (TPSA) is 92.2 Å². The maximum Gasteiger partial charge on any atom is 0.336 e. The molecule has 1 aromatic heterocycles. The second kappa shape index (κ2) is 5.05. The lowest BCUT2D eigenvalue weighted by Crippen LogP contribution is -2.17. The van der Waals surface area contributed by atoms with E-state index < -0.39 is 11.9 Å². The number of nitrogens with zero attached hydrogens (tertiary/aromatic N) is 2. The van der Waals surface area contributed by atoms with E-state index in [2.05, 4.69) is 15.3 Å². The number of anilines is 1. The third kappa shape index (κ3) is 2.49. The van der Waals surface area contributed by atoms with Gasteiger partial charge in [0, 0.05) is 12.4 Å². The summed E-state index contributed by atoms with van der Waals surface area (Å²) in [6, 6.07) is 7.55. The maximum atomic E-state index is 11.9. The summed E-state index contributed by atoms with van der Waals surface area (Å²) in [6.07, 6.45) is 2.96. The quantitative estimate of drug-likeness (QED) is 0.850. The number of hydrogen-bond donors (Lipinski definition) is 2. The van der Waals surface area contributed by atoms with Gasteiger partial charge in [-0.25, -0.2) is 14.8 Å². The van der Waals surface area contributed by atoms with Crippen LogP contribution in [0.4, 0.5) is 5.95 Å². The van der Waals surface area contributed by atoms with Crippen molar-refractivity contribution >= 4 is 17.8 Å². The Morgan fingerprint density at radius 2 is 1.61 bits per heavy atom. The molecule has 6 nitrogen and oxygen atoms in total. The summed E-state index contributed by atoms with van der Waals surface area (Å²) in [4.78, 5) is 30.5. The van der Waals surface area contributed by atoms with Gasteiger partial charge in [-0.1, -0.05) is 12.1 Å². The molecule has 0 saturated carbocycles. The molecule has 1 aromatic carbocycles. The molecular weight excluding hydrogens is 234 g/mol. The number of amides is 1. The highest BCUT2D eigenvalue weighted by molar-refractivity contribution is 6.10. The van der Waals surface area contributed by atoms with E-state index >= 15 is 0 Å². The van der Waals surface area contributed by atoms with Crippen LogP contribution in [0, 0.1) is 0 Å². The van der Waals surface area contributed by atoms with Crippen molar-refractivity contribution in [3.05, 3.63) is 53.9 Å². The Balaban J connectivity index is 2.27. The predicted molar refractivity (Wildman–Crippen MR) is 63.4 cm³/mol. The lowest BCUT2D eigenvalue weighted by molar-refractivity contribution is 0.0692. The van der Waals surface area contributed by atoms with E-state index in [-0.39, 0.29) is 17.1 Å². The van der Waals surface area contributed by atoms with Crippen LogP contribution in [0.25, 0.3) is 0 Å². The Labute approximate surface area is 102 Å². The zero-order chi connectivity index (χ0) is 13.0. The number of carboxylic acid groups (broad SMARTS) is 1. The van der Waals surface area contributed by atoms with Crippen LogP contribution in [0.5, 0.6) is 0 Å². The minimum atomic E-state index is -1.16. The molecule has 18 heavy (non-hydrogen) atoms. The lowest BCUT2D eigenvalue weighted by atomic mass is 10.1. The van der Waals surface area contributed by atoms with E-state index in [1.165, 1.54) is 24.5 Å².